The molecule has 0 saturated carbocycles. The van der Waals surface area contributed by atoms with Crippen LogP contribution >= 0.6 is 11.3 Å². The molecule has 0 spiro atoms. The molecule has 0 N–H and O–H groups in total. The van der Waals surface area contributed by atoms with Crippen LogP contribution in [0.15, 0.2) is 170 Å². The lowest BCUT2D eigenvalue weighted by atomic mass is 10.1. The number of rotatable bonds is 4. The number of nitrogens with zero attached hydrogens (tertiary/aromatic N) is 4. The summed E-state index contributed by atoms with van der Waals surface area (Å²) in [5.74, 6) is 0.716. The lowest BCUT2D eigenvalue weighted by Gasteiger charge is -2.14. The predicted molar refractivity (Wildman–Crippen MR) is 214 cm³/mol. The summed E-state index contributed by atoms with van der Waals surface area (Å²) in [6.45, 7) is 0. The summed E-state index contributed by atoms with van der Waals surface area (Å²) >= 11 is 1.76. The number of aromatic nitrogens is 4. The van der Waals surface area contributed by atoms with Crippen LogP contribution in [0.1, 0.15) is 0 Å². The van der Waals surface area contributed by atoms with Gasteiger partial charge in [0.1, 0.15) is 0 Å². The predicted octanol–water partition coefficient (Wildman–Crippen LogP) is 12.4. The van der Waals surface area contributed by atoms with Crippen LogP contribution in [0.4, 0.5) is 0 Å². The first-order valence-corrected chi connectivity index (χ1v) is 18.0. The number of hydrogen-bond donors (Lipinski definition) is 0. The van der Waals surface area contributed by atoms with Crippen LogP contribution < -0.4 is 0 Å². The molecule has 51 heavy (non-hydrogen) atoms. The van der Waals surface area contributed by atoms with Crippen molar-refractivity contribution in [2.24, 2.45) is 0 Å². The van der Waals surface area contributed by atoms with E-state index in [1.165, 1.54) is 37.3 Å². The van der Waals surface area contributed by atoms with Crippen molar-refractivity contribution in [3.63, 3.8) is 0 Å². The molecule has 0 unspecified atom stereocenters. The molecule has 238 valence electrons. The molecule has 0 bridgehead atoms. The zero-order chi connectivity index (χ0) is 33.5. The molecule has 11 rings (SSSR count). The van der Waals surface area contributed by atoms with Crippen molar-refractivity contribution in [2.75, 3.05) is 0 Å². The lowest BCUT2D eigenvalue weighted by Crippen LogP contribution is -2.00. The van der Waals surface area contributed by atoms with Crippen molar-refractivity contribution in [1.29, 1.82) is 0 Å². The highest BCUT2D eigenvalue weighted by Gasteiger charge is 2.23. The largest absolute Gasteiger partial charge is 0.309 e. The summed E-state index contributed by atoms with van der Waals surface area (Å²) in [4.78, 5) is 10.7. The van der Waals surface area contributed by atoms with E-state index >= 15 is 0 Å². The van der Waals surface area contributed by atoms with E-state index in [0.717, 1.165) is 54.8 Å². The van der Waals surface area contributed by atoms with Crippen molar-refractivity contribution in [2.45, 2.75) is 0 Å². The van der Waals surface area contributed by atoms with Gasteiger partial charge in [-0.05, 0) is 54.6 Å². The molecule has 0 atom stereocenters. The second-order valence-electron chi connectivity index (χ2n) is 12.9. The normalized spacial score (nSPS) is 11.9. The summed E-state index contributed by atoms with van der Waals surface area (Å²) in [5.41, 5.74) is 10.9. The van der Waals surface area contributed by atoms with E-state index in [1.807, 2.05) is 0 Å². The van der Waals surface area contributed by atoms with E-state index in [0.29, 0.717) is 5.82 Å². The SMILES string of the molecule is c1ccc(-c2nc(-c3ccccc3-n3c4ccccc4c4c5c6ccccc6n(-c6ccccc6)c5ccc43)nc3c2sc2ccccc23)cc1. The van der Waals surface area contributed by atoms with Crippen LogP contribution in [0.2, 0.25) is 0 Å². The smallest absolute Gasteiger partial charge is 0.162 e. The van der Waals surface area contributed by atoms with Crippen molar-refractivity contribution in [3.8, 4) is 34.0 Å². The average molecular weight is 669 g/mol. The second-order valence-corrected chi connectivity index (χ2v) is 14.0. The van der Waals surface area contributed by atoms with Gasteiger partial charge in [0.25, 0.3) is 0 Å². The van der Waals surface area contributed by atoms with Crippen LogP contribution in [-0.4, -0.2) is 19.1 Å². The Morgan fingerprint density at radius 2 is 1.00 bits per heavy atom. The van der Waals surface area contributed by atoms with Crippen molar-refractivity contribution in [1.82, 2.24) is 19.1 Å². The molecule has 4 heterocycles. The van der Waals surface area contributed by atoms with Gasteiger partial charge >= 0.3 is 0 Å². The van der Waals surface area contributed by atoms with E-state index in [1.54, 1.807) is 11.3 Å². The maximum Gasteiger partial charge on any atom is 0.162 e. The summed E-state index contributed by atoms with van der Waals surface area (Å²) in [5, 5.41) is 6.12. The Labute approximate surface area is 297 Å². The van der Waals surface area contributed by atoms with Gasteiger partial charge in [-0.2, -0.15) is 0 Å². The molecule has 0 aliphatic heterocycles. The van der Waals surface area contributed by atoms with Gasteiger partial charge < -0.3 is 9.13 Å². The number of benzene rings is 7. The molecule has 4 nitrogen and oxygen atoms in total. The fraction of sp³-hybridized carbons (Fsp3) is 0. The van der Waals surface area contributed by atoms with Crippen LogP contribution in [0.5, 0.6) is 0 Å². The molecule has 4 aromatic heterocycles. The van der Waals surface area contributed by atoms with Crippen LogP contribution in [0.25, 0.3) is 97.9 Å². The van der Waals surface area contributed by atoms with Gasteiger partial charge in [0.2, 0.25) is 0 Å². The highest BCUT2D eigenvalue weighted by atomic mass is 32.1. The molecular weight excluding hydrogens is 641 g/mol. The first-order valence-electron chi connectivity index (χ1n) is 17.2. The van der Waals surface area contributed by atoms with E-state index in [-0.39, 0.29) is 0 Å². The first kappa shape index (κ1) is 28.3. The molecule has 0 fully saturated rings. The van der Waals surface area contributed by atoms with E-state index in [4.69, 9.17) is 9.97 Å². The van der Waals surface area contributed by atoms with Gasteiger partial charge in [-0.1, -0.05) is 115 Å². The Bertz CT molecular complexity index is 3130. The molecule has 0 aliphatic rings. The fourth-order valence-corrected chi connectivity index (χ4v) is 9.15. The Hall–Kier alpha value is -6.56. The summed E-state index contributed by atoms with van der Waals surface area (Å²) in [6.07, 6.45) is 0. The van der Waals surface area contributed by atoms with E-state index in [2.05, 4.69) is 179 Å². The monoisotopic (exact) mass is 668 g/mol. The third kappa shape index (κ3) is 4.13. The highest BCUT2D eigenvalue weighted by Crippen LogP contribution is 2.44. The Morgan fingerprint density at radius 3 is 1.75 bits per heavy atom. The zero-order valence-electron chi connectivity index (χ0n) is 27.4. The average Bonchev–Trinajstić information content (AvgIpc) is 3.86. The maximum atomic E-state index is 5.38. The zero-order valence-corrected chi connectivity index (χ0v) is 28.2. The van der Waals surface area contributed by atoms with Gasteiger partial charge in [-0.25, -0.2) is 9.97 Å². The minimum Gasteiger partial charge on any atom is -0.309 e. The van der Waals surface area contributed by atoms with Gasteiger partial charge in [-0.3, -0.25) is 0 Å². The van der Waals surface area contributed by atoms with Gasteiger partial charge in [0.15, 0.2) is 5.82 Å². The third-order valence-corrected chi connectivity index (χ3v) is 11.3. The minimum absolute atomic E-state index is 0.716. The molecule has 11 aromatic rings. The quantitative estimate of drug-likeness (QED) is 0.187. The maximum absolute atomic E-state index is 5.38. The second kappa shape index (κ2) is 11.0. The van der Waals surface area contributed by atoms with Gasteiger partial charge in [0.05, 0.1) is 43.7 Å². The van der Waals surface area contributed by atoms with Crippen LogP contribution in [0, 0.1) is 0 Å². The van der Waals surface area contributed by atoms with Gasteiger partial charge in [-0.15, -0.1) is 11.3 Å². The molecule has 0 saturated heterocycles. The number of fused-ring (bicyclic) bond motifs is 10. The summed E-state index contributed by atoms with van der Waals surface area (Å²) in [6, 6.07) is 60.5. The van der Waals surface area contributed by atoms with E-state index in [9.17, 15) is 0 Å². The molecule has 0 amide bonds. The Morgan fingerprint density at radius 1 is 0.431 bits per heavy atom. The van der Waals surface area contributed by atoms with Crippen LogP contribution in [-0.2, 0) is 0 Å². The summed E-state index contributed by atoms with van der Waals surface area (Å²) < 4.78 is 7.13. The van der Waals surface area contributed by atoms with Crippen molar-refractivity contribution < 1.29 is 0 Å². The van der Waals surface area contributed by atoms with Gasteiger partial charge in [0, 0.05) is 48.4 Å². The first-order chi connectivity index (χ1) is 25.3. The molecule has 7 aromatic carbocycles. The standard InChI is InChI=1S/C46H28N4S/c1-3-15-29(16-4-1)43-45-44(34-22-10-14-26-40(34)51-45)48-46(47-43)33-21-9-13-25-37(33)50-36-24-12-8-20-32(36)42-39(50)28-27-38-41(42)31-19-7-11-23-35(31)49(38)30-17-5-2-6-18-30/h1-28H. The lowest BCUT2D eigenvalue weighted by molar-refractivity contribution is 1.15. The number of hydrogen-bond acceptors (Lipinski definition) is 3. The molecule has 0 aliphatic carbocycles. The number of thiophene rings is 1. The van der Waals surface area contributed by atoms with Crippen LogP contribution in [0.3, 0.4) is 0 Å². The Balaban J connectivity index is 1.24. The van der Waals surface area contributed by atoms with E-state index < -0.39 is 0 Å². The highest BCUT2D eigenvalue weighted by molar-refractivity contribution is 7.26. The Kier molecular flexibility index (Phi) is 6.09. The molecule has 0 radical (unpaired) electrons. The fourth-order valence-electron chi connectivity index (χ4n) is 7.99. The topological polar surface area (TPSA) is 35.6 Å². The molecular formula is C46H28N4S. The van der Waals surface area contributed by atoms with Crippen molar-refractivity contribution >= 4 is 75.3 Å². The summed E-state index contributed by atoms with van der Waals surface area (Å²) in [7, 11) is 0. The van der Waals surface area contributed by atoms with Crippen molar-refractivity contribution in [3.05, 3.63) is 170 Å². The number of para-hydroxylation sites is 4. The molecule has 5 heteroatoms. The third-order valence-electron chi connectivity index (χ3n) is 10.1. The minimum atomic E-state index is 0.716.